The average molecular weight is 764 g/mol. The predicted molar refractivity (Wildman–Crippen MR) is 182 cm³/mol. The highest BCUT2D eigenvalue weighted by molar-refractivity contribution is 14.1. The summed E-state index contributed by atoms with van der Waals surface area (Å²) in [5.41, 5.74) is 7.77. The van der Waals surface area contributed by atoms with Crippen molar-refractivity contribution in [3.63, 3.8) is 0 Å². The van der Waals surface area contributed by atoms with Crippen LogP contribution in [0.4, 0.5) is 8.78 Å². The number of hydrogen-bond acceptors (Lipinski definition) is 4. The minimum atomic E-state index is -1.53. The van der Waals surface area contributed by atoms with Gasteiger partial charge in [-0.2, -0.15) is 20.7 Å². The number of benzene rings is 2. The van der Waals surface area contributed by atoms with E-state index in [0.717, 1.165) is 0 Å². The highest BCUT2D eigenvalue weighted by Gasteiger charge is 2.12. The van der Waals surface area contributed by atoms with Crippen molar-refractivity contribution in [1.29, 1.82) is 10.5 Å². The van der Waals surface area contributed by atoms with Crippen molar-refractivity contribution < 1.29 is 8.78 Å². The molecule has 220 valence electrons. The van der Waals surface area contributed by atoms with Gasteiger partial charge in [-0.15, -0.1) is 17.5 Å². The first-order chi connectivity index (χ1) is 19.9. The maximum absolute atomic E-state index is 13.5. The summed E-state index contributed by atoms with van der Waals surface area (Å²) in [6.07, 6.45) is 8.25. The lowest BCUT2D eigenvalue weighted by atomic mass is 10.2. The molecular weight excluding hydrogens is 736 g/mol. The fourth-order valence-electron chi connectivity index (χ4n) is 2.82. The van der Waals surface area contributed by atoms with Crippen molar-refractivity contribution in [2.75, 3.05) is 0 Å². The van der Waals surface area contributed by atoms with E-state index in [1.807, 2.05) is 34.7 Å². The Morgan fingerprint density at radius 1 is 0.767 bits per heavy atom. The second-order valence-corrected chi connectivity index (χ2v) is 22.4. The fourth-order valence-corrected chi connectivity index (χ4v) is 4.00. The van der Waals surface area contributed by atoms with Gasteiger partial charge in [-0.25, -0.2) is 18.1 Å². The molecule has 4 aromatic rings. The molecule has 2 aromatic carbocycles. The standard InChI is InChI=1S/C15H13ClFN3Si.C10H4ClFIN3.C5H10Si/c1-21(2,3)5-4-15-14(16)10-20(19-15)13-7-11(9-18)6-12(17)8-13;11-9-5-16(15-10(9)13)8-2-6(4-14)1-7(12)3-8;1-5-6(2,3)4/h6-8,10H,1-3H3;1-3,5H;1H,2-4H3. The minimum absolute atomic E-state index is 0.228. The lowest BCUT2D eigenvalue weighted by Gasteiger charge is -2.03. The molecule has 0 bridgehead atoms. The second kappa shape index (κ2) is 15.3. The highest BCUT2D eigenvalue weighted by Crippen LogP contribution is 2.21. The molecule has 0 fully saturated rings. The summed E-state index contributed by atoms with van der Waals surface area (Å²) in [5, 5.41) is 26.8. The fraction of sp³-hybridized carbons (Fsp3) is 0.200. The molecular formula is C30H27Cl2F2IN6Si2. The van der Waals surface area contributed by atoms with Gasteiger partial charge in [0.15, 0.2) is 5.69 Å². The van der Waals surface area contributed by atoms with Crippen molar-refractivity contribution in [3.05, 3.63) is 91.0 Å². The summed E-state index contributed by atoms with van der Waals surface area (Å²) in [6.45, 7) is 12.8. The normalized spacial score (nSPS) is 10.4. The molecule has 0 unspecified atom stereocenters. The third-order valence-electron chi connectivity index (χ3n) is 4.84. The van der Waals surface area contributed by atoms with Crippen LogP contribution < -0.4 is 0 Å². The molecule has 0 aliphatic rings. The van der Waals surface area contributed by atoms with Gasteiger partial charge in [0.2, 0.25) is 0 Å². The van der Waals surface area contributed by atoms with Crippen LogP contribution in [0.5, 0.6) is 0 Å². The van der Waals surface area contributed by atoms with Crippen LogP contribution in [0.3, 0.4) is 0 Å². The Bertz CT molecular complexity index is 1790. The van der Waals surface area contributed by atoms with E-state index in [9.17, 15) is 8.78 Å². The van der Waals surface area contributed by atoms with Gasteiger partial charge in [-0.1, -0.05) is 68.4 Å². The number of aromatic nitrogens is 4. The van der Waals surface area contributed by atoms with E-state index >= 15 is 0 Å². The number of halogens is 5. The van der Waals surface area contributed by atoms with Crippen LogP contribution in [0.15, 0.2) is 48.8 Å². The van der Waals surface area contributed by atoms with Gasteiger partial charge in [-0.05, 0) is 59.0 Å². The first-order valence-electron chi connectivity index (χ1n) is 12.5. The van der Waals surface area contributed by atoms with E-state index in [0.29, 0.717) is 30.8 Å². The van der Waals surface area contributed by atoms with Crippen LogP contribution in [0.1, 0.15) is 16.8 Å². The van der Waals surface area contributed by atoms with E-state index in [-0.39, 0.29) is 11.1 Å². The van der Waals surface area contributed by atoms with Crippen LogP contribution in [0, 0.1) is 61.4 Å². The zero-order valence-corrected chi connectivity index (χ0v) is 29.9. The summed E-state index contributed by atoms with van der Waals surface area (Å²) in [7, 11) is -2.63. The Morgan fingerprint density at radius 2 is 1.21 bits per heavy atom. The molecule has 6 nitrogen and oxygen atoms in total. The molecule has 4 rings (SSSR count). The largest absolute Gasteiger partial charge is 0.238 e. The van der Waals surface area contributed by atoms with Crippen LogP contribution in [-0.2, 0) is 0 Å². The third-order valence-corrected chi connectivity index (χ3v) is 8.25. The zero-order chi connectivity index (χ0) is 32.5. The first kappa shape index (κ1) is 35.8. The van der Waals surface area contributed by atoms with Gasteiger partial charge >= 0.3 is 0 Å². The summed E-state index contributed by atoms with van der Waals surface area (Å²) in [5.74, 6) is 2.00. The predicted octanol–water partition coefficient (Wildman–Crippen LogP) is 8.40. The number of rotatable bonds is 2. The Hall–Kier alpha value is -3.44. The maximum Gasteiger partial charge on any atom is 0.153 e. The molecule has 43 heavy (non-hydrogen) atoms. The molecule has 2 aromatic heterocycles. The monoisotopic (exact) mass is 762 g/mol. The molecule has 13 heteroatoms. The van der Waals surface area contributed by atoms with Crippen molar-refractivity contribution in [1.82, 2.24) is 19.6 Å². The second-order valence-electron chi connectivity index (χ2n) is 11.0. The molecule has 0 spiro atoms. The van der Waals surface area contributed by atoms with E-state index in [1.54, 1.807) is 24.5 Å². The summed E-state index contributed by atoms with van der Waals surface area (Å²) in [6, 6.07) is 11.8. The Morgan fingerprint density at radius 3 is 1.58 bits per heavy atom. The number of nitrogens with zero attached hydrogens (tertiary/aromatic N) is 6. The Labute approximate surface area is 276 Å². The molecule has 0 saturated heterocycles. The van der Waals surface area contributed by atoms with Crippen LogP contribution >= 0.6 is 45.8 Å². The number of hydrogen-bond donors (Lipinski definition) is 0. The summed E-state index contributed by atoms with van der Waals surface area (Å²) in [4.78, 5) is 0. The van der Waals surface area contributed by atoms with Crippen molar-refractivity contribution in [2.24, 2.45) is 0 Å². The van der Waals surface area contributed by atoms with Crippen molar-refractivity contribution in [2.45, 2.75) is 39.3 Å². The maximum atomic E-state index is 13.5. The first-order valence-corrected chi connectivity index (χ1v) is 21.4. The zero-order valence-electron chi connectivity index (χ0n) is 24.3. The average Bonchev–Trinajstić information content (AvgIpc) is 3.47. The van der Waals surface area contributed by atoms with Crippen molar-refractivity contribution in [3.8, 4) is 46.9 Å². The third kappa shape index (κ3) is 12.0. The van der Waals surface area contributed by atoms with E-state index in [1.165, 1.54) is 33.6 Å². The van der Waals surface area contributed by atoms with Gasteiger partial charge < -0.3 is 0 Å². The van der Waals surface area contributed by atoms with Crippen molar-refractivity contribution >= 4 is 61.9 Å². The van der Waals surface area contributed by atoms with Crippen LogP contribution in [-0.4, -0.2) is 35.7 Å². The molecule has 0 aliphatic heterocycles. The molecule has 0 atom stereocenters. The van der Waals surface area contributed by atoms with Gasteiger partial charge in [0.05, 0.1) is 57.1 Å². The lowest BCUT2D eigenvalue weighted by molar-refractivity contribution is 0.624. The Kier molecular flexibility index (Phi) is 12.8. The smallest absolute Gasteiger partial charge is 0.153 e. The summed E-state index contributed by atoms with van der Waals surface area (Å²) < 4.78 is 30.1. The van der Waals surface area contributed by atoms with Crippen LogP contribution in [0.25, 0.3) is 11.4 Å². The molecule has 0 radical (unpaired) electrons. The highest BCUT2D eigenvalue weighted by atomic mass is 127. The Balaban J connectivity index is 0.000000259. The van der Waals surface area contributed by atoms with E-state index in [4.69, 9.17) is 40.1 Å². The number of nitriles is 2. The SMILES string of the molecule is C#C[Si](C)(C)C.C[Si](C)(C)C#Cc1nn(-c2cc(F)cc(C#N)c2)cc1Cl.N#Cc1cc(F)cc(-n2cc(Cl)c(I)n2)c1. The molecule has 0 aliphatic carbocycles. The molecule has 0 amide bonds. The van der Waals surface area contributed by atoms with Crippen LogP contribution in [0.2, 0.25) is 49.3 Å². The van der Waals surface area contributed by atoms with Gasteiger partial charge in [0.25, 0.3) is 0 Å². The molecule has 2 heterocycles. The summed E-state index contributed by atoms with van der Waals surface area (Å²) >= 11 is 13.9. The lowest BCUT2D eigenvalue weighted by Crippen LogP contribution is -2.16. The topological polar surface area (TPSA) is 83.2 Å². The number of terminal acetylenes is 1. The van der Waals surface area contributed by atoms with Gasteiger partial charge in [0, 0.05) is 0 Å². The van der Waals surface area contributed by atoms with E-state index < -0.39 is 27.8 Å². The minimum Gasteiger partial charge on any atom is -0.238 e. The molecule has 0 saturated carbocycles. The quantitative estimate of drug-likeness (QED) is 0.117. The van der Waals surface area contributed by atoms with E-state index in [2.05, 4.69) is 66.5 Å². The van der Waals surface area contributed by atoms with Gasteiger partial charge in [-0.3, -0.25) is 0 Å². The van der Waals surface area contributed by atoms with Gasteiger partial charge in [0.1, 0.15) is 31.5 Å². The molecule has 0 N–H and O–H groups in total.